The first kappa shape index (κ1) is 19.2. The largest absolute Gasteiger partial charge is 0.506 e. The molecule has 1 heterocycles. The van der Waals surface area contributed by atoms with Crippen molar-refractivity contribution in [2.24, 2.45) is 5.92 Å². The molecule has 1 unspecified atom stereocenters. The quantitative estimate of drug-likeness (QED) is 0.771. The highest BCUT2D eigenvalue weighted by Gasteiger charge is 2.28. The predicted octanol–water partition coefficient (Wildman–Crippen LogP) is 1.77. The summed E-state index contributed by atoms with van der Waals surface area (Å²) in [6.07, 6.45) is 1.78. The lowest BCUT2D eigenvalue weighted by molar-refractivity contribution is -0.134. The average molecular weight is 368 g/mol. The van der Waals surface area contributed by atoms with Gasteiger partial charge in [-0.2, -0.15) is 0 Å². The van der Waals surface area contributed by atoms with Crippen LogP contribution in [0.4, 0.5) is 5.69 Å². The molecule has 2 rings (SSSR count). The van der Waals surface area contributed by atoms with Crippen LogP contribution in [0.1, 0.15) is 33.1 Å². The molecule has 8 heteroatoms. The Morgan fingerprint density at radius 2 is 2.04 bits per heavy atom. The molecule has 25 heavy (non-hydrogen) atoms. The summed E-state index contributed by atoms with van der Waals surface area (Å²) in [7, 11) is -3.44. The highest BCUT2D eigenvalue weighted by molar-refractivity contribution is 7.91. The van der Waals surface area contributed by atoms with E-state index in [0.717, 1.165) is 6.42 Å². The highest BCUT2D eigenvalue weighted by atomic mass is 32.2. The van der Waals surface area contributed by atoms with Gasteiger partial charge in [-0.15, -0.1) is 0 Å². The molecule has 0 radical (unpaired) electrons. The van der Waals surface area contributed by atoms with Crippen LogP contribution in [0.2, 0.25) is 0 Å². The fourth-order valence-electron chi connectivity index (χ4n) is 2.85. The molecule has 1 fully saturated rings. The van der Waals surface area contributed by atoms with Crippen molar-refractivity contribution in [1.29, 1.82) is 0 Å². The fourth-order valence-corrected chi connectivity index (χ4v) is 3.76. The molecule has 2 amide bonds. The Morgan fingerprint density at radius 1 is 1.32 bits per heavy atom. The van der Waals surface area contributed by atoms with Gasteiger partial charge in [0.25, 0.3) is 0 Å². The summed E-state index contributed by atoms with van der Waals surface area (Å²) in [5, 5.41) is 12.5. The number of rotatable bonds is 5. The Morgan fingerprint density at radius 3 is 2.68 bits per heavy atom. The van der Waals surface area contributed by atoms with Crippen LogP contribution < -0.4 is 5.32 Å². The van der Waals surface area contributed by atoms with E-state index in [0.29, 0.717) is 25.9 Å². The molecule has 138 valence electrons. The predicted molar refractivity (Wildman–Crippen MR) is 94.1 cm³/mol. The normalized spacial score (nSPS) is 18.0. The molecule has 1 aliphatic heterocycles. The van der Waals surface area contributed by atoms with Gasteiger partial charge in [-0.05, 0) is 31.0 Å². The smallest absolute Gasteiger partial charge is 0.229 e. The van der Waals surface area contributed by atoms with Gasteiger partial charge >= 0.3 is 0 Å². The molecular formula is C17H24N2O5S. The van der Waals surface area contributed by atoms with E-state index in [9.17, 15) is 23.1 Å². The first-order valence-electron chi connectivity index (χ1n) is 8.43. The number of piperidine rings is 1. The molecule has 0 bridgehead atoms. The lowest BCUT2D eigenvalue weighted by Crippen LogP contribution is -2.43. The minimum absolute atomic E-state index is 0.0105. The topological polar surface area (TPSA) is 104 Å². The molecule has 0 spiro atoms. The number of hydrogen-bond acceptors (Lipinski definition) is 5. The SMILES string of the molecule is CCC(=O)N1CCCC(C(=O)Nc2cc(S(=O)(=O)CC)ccc2O)C1. The van der Waals surface area contributed by atoms with E-state index in [1.54, 1.807) is 11.8 Å². The van der Waals surface area contributed by atoms with E-state index in [1.807, 2.05) is 0 Å². The van der Waals surface area contributed by atoms with Crippen molar-refractivity contribution in [3.05, 3.63) is 18.2 Å². The van der Waals surface area contributed by atoms with Gasteiger partial charge in [0.05, 0.1) is 22.3 Å². The molecule has 1 aromatic rings. The molecule has 0 aromatic heterocycles. The van der Waals surface area contributed by atoms with Gasteiger partial charge in [0, 0.05) is 19.5 Å². The molecular weight excluding hydrogens is 344 g/mol. The Bertz CT molecular complexity index is 760. The number of amides is 2. The monoisotopic (exact) mass is 368 g/mol. The Balaban J connectivity index is 2.15. The van der Waals surface area contributed by atoms with Crippen molar-refractivity contribution >= 4 is 27.3 Å². The number of carbonyl (C=O) groups excluding carboxylic acids is 2. The molecule has 0 saturated carbocycles. The third-order valence-corrected chi connectivity index (χ3v) is 6.14. The Kier molecular flexibility index (Phi) is 6.05. The minimum atomic E-state index is -3.44. The van der Waals surface area contributed by atoms with E-state index in [-0.39, 0.29) is 39.8 Å². The van der Waals surface area contributed by atoms with Gasteiger partial charge in [0.15, 0.2) is 9.84 Å². The highest BCUT2D eigenvalue weighted by Crippen LogP contribution is 2.28. The van der Waals surface area contributed by atoms with Crippen molar-refractivity contribution in [2.45, 2.75) is 38.0 Å². The van der Waals surface area contributed by atoms with Crippen LogP contribution in [-0.4, -0.2) is 49.1 Å². The number of nitrogens with one attached hydrogen (secondary N) is 1. The number of carbonyl (C=O) groups is 2. The van der Waals surface area contributed by atoms with Gasteiger partial charge in [0.2, 0.25) is 11.8 Å². The van der Waals surface area contributed by atoms with Crippen LogP contribution in [0.5, 0.6) is 5.75 Å². The third kappa shape index (κ3) is 4.50. The van der Waals surface area contributed by atoms with E-state index < -0.39 is 9.84 Å². The molecule has 7 nitrogen and oxygen atoms in total. The summed E-state index contributed by atoms with van der Waals surface area (Å²) in [5.41, 5.74) is 0.0680. The van der Waals surface area contributed by atoms with Crippen LogP contribution in [0.3, 0.4) is 0 Å². The summed E-state index contributed by atoms with van der Waals surface area (Å²) >= 11 is 0. The van der Waals surface area contributed by atoms with Gasteiger partial charge in [-0.1, -0.05) is 13.8 Å². The first-order valence-corrected chi connectivity index (χ1v) is 10.1. The van der Waals surface area contributed by atoms with Crippen molar-refractivity contribution < 1.29 is 23.1 Å². The Hall–Kier alpha value is -2.09. The van der Waals surface area contributed by atoms with Crippen LogP contribution in [0, 0.1) is 5.92 Å². The second-order valence-corrected chi connectivity index (χ2v) is 8.38. The number of phenols is 1. The van der Waals surface area contributed by atoms with Crippen LogP contribution in [0.25, 0.3) is 0 Å². The molecule has 2 N–H and O–H groups in total. The summed E-state index contributed by atoms with van der Waals surface area (Å²) in [6, 6.07) is 3.84. The number of anilines is 1. The second-order valence-electron chi connectivity index (χ2n) is 6.10. The molecule has 0 aliphatic carbocycles. The number of likely N-dealkylation sites (tertiary alicyclic amines) is 1. The third-order valence-electron chi connectivity index (χ3n) is 4.41. The van der Waals surface area contributed by atoms with Crippen LogP contribution in [0.15, 0.2) is 23.1 Å². The van der Waals surface area contributed by atoms with Gasteiger partial charge in [-0.3, -0.25) is 9.59 Å². The fraction of sp³-hybridized carbons (Fsp3) is 0.529. The standard InChI is InChI=1S/C17H24N2O5S/c1-3-16(21)19-9-5-6-12(11-19)17(22)18-14-10-13(7-8-15(14)20)25(23,24)4-2/h7-8,10,12,20H,3-6,9,11H2,1-2H3,(H,18,22). The summed E-state index contributed by atoms with van der Waals surface area (Å²) in [4.78, 5) is 26.0. The number of aromatic hydroxyl groups is 1. The van der Waals surface area contributed by atoms with Crippen molar-refractivity contribution in [3.63, 3.8) is 0 Å². The van der Waals surface area contributed by atoms with Gasteiger partial charge < -0.3 is 15.3 Å². The van der Waals surface area contributed by atoms with E-state index in [2.05, 4.69) is 5.32 Å². The van der Waals surface area contributed by atoms with Gasteiger partial charge in [0.1, 0.15) is 5.75 Å². The minimum Gasteiger partial charge on any atom is -0.506 e. The Labute approximate surface area is 147 Å². The molecule has 1 saturated heterocycles. The molecule has 1 atom stereocenters. The maximum Gasteiger partial charge on any atom is 0.229 e. The van der Waals surface area contributed by atoms with E-state index in [1.165, 1.54) is 25.1 Å². The van der Waals surface area contributed by atoms with Crippen molar-refractivity contribution in [2.75, 3.05) is 24.2 Å². The zero-order valence-corrected chi connectivity index (χ0v) is 15.3. The lowest BCUT2D eigenvalue weighted by Gasteiger charge is -2.32. The number of benzene rings is 1. The van der Waals surface area contributed by atoms with Crippen LogP contribution >= 0.6 is 0 Å². The zero-order chi connectivity index (χ0) is 18.6. The maximum absolute atomic E-state index is 12.5. The van der Waals surface area contributed by atoms with Crippen LogP contribution in [-0.2, 0) is 19.4 Å². The number of sulfone groups is 1. The summed E-state index contributed by atoms with van der Waals surface area (Å²) in [6.45, 7) is 4.30. The number of hydrogen-bond donors (Lipinski definition) is 2. The average Bonchev–Trinajstić information content (AvgIpc) is 2.62. The van der Waals surface area contributed by atoms with E-state index in [4.69, 9.17) is 0 Å². The van der Waals surface area contributed by atoms with Gasteiger partial charge in [-0.25, -0.2) is 8.42 Å². The van der Waals surface area contributed by atoms with E-state index >= 15 is 0 Å². The first-order chi connectivity index (χ1) is 11.8. The second kappa shape index (κ2) is 7.86. The number of phenolic OH excluding ortho intramolecular Hbond substituents is 1. The van der Waals surface area contributed by atoms with Crippen molar-refractivity contribution in [3.8, 4) is 5.75 Å². The number of nitrogens with zero attached hydrogens (tertiary/aromatic N) is 1. The maximum atomic E-state index is 12.5. The molecule has 1 aliphatic rings. The summed E-state index contributed by atoms with van der Waals surface area (Å²) < 4.78 is 23.9. The zero-order valence-electron chi connectivity index (χ0n) is 14.5. The molecule has 1 aromatic carbocycles. The lowest BCUT2D eigenvalue weighted by atomic mass is 9.96. The summed E-state index contributed by atoms with van der Waals surface area (Å²) in [5.74, 6) is -0.955. The van der Waals surface area contributed by atoms with Crippen molar-refractivity contribution in [1.82, 2.24) is 4.90 Å².